The van der Waals surface area contributed by atoms with Crippen molar-refractivity contribution in [1.82, 2.24) is 14.1 Å². The second-order valence-electron chi connectivity index (χ2n) is 7.32. The van der Waals surface area contributed by atoms with E-state index < -0.39 is 10.0 Å². The van der Waals surface area contributed by atoms with Gasteiger partial charge in [0.25, 0.3) is 0 Å². The van der Waals surface area contributed by atoms with Crippen LogP contribution in [0.15, 0.2) is 58.9 Å². The van der Waals surface area contributed by atoms with Crippen LogP contribution in [-0.2, 0) is 16.6 Å². The molecule has 0 spiro atoms. The molecule has 5 nitrogen and oxygen atoms in total. The molecule has 2 heterocycles. The van der Waals surface area contributed by atoms with Crippen LogP contribution in [0.25, 0.3) is 10.6 Å². The Hall–Kier alpha value is -1.96. The van der Waals surface area contributed by atoms with Crippen LogP contribution in [-0.4, -0.2) is 35.6 Å². The Bertz CT molecular complexity index is 1010. The Labute approximate surface area is 170 Å². The first-order valence-electron chi connectivity index (χ1n) is 9.69. The van der Waals surface area contributed by atoms with Crippen LogP contribution < -0.4 is 0 Å². The lowest BCUT2D eigenvalue weighted by atomic mass is 9.96. The smallest absolute Gasteiger partial charge is 0.246 e. The van der Waals surface area contributed by atoms with E-state index in [1.54, 1.807) is 22.2 Å². The highest BCUT2D eigenvalue weighted by molar-refractivity contribution is 7.89. The first-order valence-corrected chi connectivity index (χ1v) is 12.0. The number of sulfonamides is 1. The third-order valence-electron chi connectivity index (χ3n) is 5.42. The monoisotopic (exact) mass is 415 g/mol. The Morgan fingerprint density at radius 2 is 1.86 bits per heavy atom. The number of hydrogen-bond acceptors (Lipinski definition) is 4. The zero-order valence-electron chi connectivity index (χ0n) is 16.0. The van der Waals surface area contributed by atoms with Crippen molar-refractivity contribution in [3.8, 4) is 10.6 Å². The van der Waals surface area contributed by atoms with Crippen LogP contribution in [0.2, 0.25) is 0 Å². The molecule has 1 aromatic carbocycles. The Kier molecular flexibility index (Phi) is 5.66. The maximum Gasteiger partial charge on any atom is 0.246 e. The highest BCUT2D eigenvalue weighted by Crippen LogP contribution is 2.33. The maximum absolute atomic E-state index is 13.5. The maximum atomic E-state index is 13.5. The molecule has 1 aliphatic carbocycles. The van der Waals surface area contributed by atoms with Crippen molar-refractivity contribution in [1.29, 1.82) is 0 Å². The Morgan fingerprint density at radius 3 is 2.54 bits per heavy atom. The number of benzene rings is 1. The van der Waals surface area contributed by atoms with Gasteiger partial charge in [-0.15, -0.1) is 11.3 Å². The van der Waals surface area contributed by atoms with E-state index >= 15 is 0 Å². The number of nitrogens with zero attached hydrogens (tertiary/aromatic N) is 3. The summed E-state index contributed by atoms with van der Waals surface area (Å²) >= 11 is 1.51. The SMILES string of the molecule is CN(C1CCCCC1)S(=O)(=O)c1cn(Cc2ccccc2)nc1-c1cccs1. The van der Waals surface area contributed by atoms with Crippen molar-refractivity contribution in [3.05, 3.63) is 59.6 Å². The summed E-state index contributed by atoms with van der Waals surface area (Å²) in [7, 11) is -1.89. The van der Waals surface area contributed by atoms with Gasteiger partial charge < -0.3 is 0 Å². The standard InChI is InChI=1S/C21H25N3O2S2/c1-23(18-11-6-3-7-12-18)28(25,26)20-16-24(15-17-9-4-2-5-10-17)22-21(20)19-13-8-14-27-19/h2,4-5,8-10,13-14,16,18H,3,6-7,11-12,15H2,1H3. The van der Waals surface area contributed by atoms with Crippen LogP contribution in [0.5, 0.6) is 0 Å². The third kappa shape index (κ3) is 3.92. The lowest BCUT2D eigenvalue weighted by Crippen LogP contribution is -2.38. The van der Waals surface area contributed by atoms with Gasteiger partial charge in [-0.3, -0.25) is 4.68 Å². The van der Waals surface area contributed by atoms with Crippen LogP contribution in [0, 0.1) is 0 Å². The third-order valence-corrected chi connectivity index (χ3v) is 8.20. The highest BCUT2D eigenvalue weighted by atomic mass is 32.2. The average molecular weight is 416 g/mol. The molecule has 0 N–H and O–H groups in total. The number of thiophene rings is 1. The first-order chi connectivity index (χ1) is 13.6. The zero-order valence-corrected chi connectivity index (χ0v) is 17.6. The molecule has 0 amide bonds. The lowest BCUT2D eigenvalue weighted by molar-refractivity contribution is 0.286. The molecule has 1 saturated carbocycles. The quantitative estimate of drug-likeness (QED) is 0.591. The minimum atomic E-state index is -3.61. The van der Waals surface area contributed by atoms with E-state index in [0.29, 0.717) is 17.1 Å². The highest BCUT2D eigenvalue weighted by Gasteiger charge is 2.33. The molecule has 4 rings (SSSR count). The molecular formula is C21H25N3O2S2. The fourth-order valence-corrected chi connectivity index (χ4v) is 6.17. The minimum absolute atomic E-state index is 0.0763. The summed E-state index contributed by atoms with van der Waals surface area (Å²) in [5.41, 5.74) is 1.64. The van der Waals surface area contributed by atoms with Gasteiger partial charge in [-0.2, -0.15) is 9.40 Å². The number of rotatable bonds is 6. The molecule has 7 heteroatoms. The Balaban J connectivity index is 1.71. The summed E-state index contributed by atoms with van der Waals surface area (Å²) in [6.45, 7) is 0.544. The number of aromatic nitrogens is 2. The zero-order chi connectivity index (χ0) is 19.6. The molecule has 1 aliphatic rings. The van der Waals surface area contributed by atoms with Crippen molar-refractivity contribution in [2.45, 2.75) is 49.6 Å². The van der Waals surface area contributed by atoms with Gasteiger partial charge in [0, 0.05) is 19.3 Å². The summed E-state index contributed by atoms with van der Waals surface area (Å²) < 4.78 is 30.3. The molecule has 0 bridgehead atoms. The van der Waals surface area contributed by atoms with E-state index in [0.717, 1.165) is 36.1 Å². The van der Waals surface area contributed by atoms with E-state index in [2.05, 4.69) is 5.10 Å². The molecule has 2 aromatic heterocycles. The van der Waals surface area contributed by atoms with Crippen molar-refractivity contribution >= 4 is 21.4 Å². The summed E-state index contributed by atoms with van der Waals surface area (Å²) in [4.78, 5) is 1.18. The fourth-order valence-electron chi connectivity index (χ4n) is 3.82. The van der Waals surface area contributed by atoms with Crippen LogP contribution in [0.1, 0.15) is 37.7 Å². The van der Waals surface area contributed by atoms with E-state index in [4.69, 9.17) is 0 Å². The summed E-state index contributed by atoms with van der Waals surface area (Å²) in [5, 5.41) is 6.61. The van der Waals surface area contributed by atoms with E-state index in [1.807, 2.05) is 47.8 Å². The van der Waals surface area contributed by atoms with Crippen LogP contribution >= 0.6 is 11.3 Å². The van der Waals surface area contributed by atoms with Gasteiger partial charge in [-0.05, 0) is 29.9 Å². The average Bonchev–Trinajstić information content (AvgIpc) is 3.39. The predicted molar refractivity (Wildman–Crippen MR) is 113 cm³/mol. The summed E-state index contributed by atoms with van der Waals surface area (Å²) in [6, 6.07) is 13.9. The van der Waals surface area contributed by atoms with Crippen molar-refractivity contribution in [2.75, 3.05) is 7.05 Å². The van der Waals surface area contributed by atoms with Crippen LogP contribution in [0.4, 0.5) is 0 Å². The van der Waals surface area contributed by atoms with Crippen molar-refractivity contribution in [3.63, 3.8) is 0 Å². The Morgan fingerprint density at radius 1 is 1.11 bits per heavy atom. The van der Waals surface area contributed by atoms with Gasteiger partial charge in [0.1, 0.15) is 10.6 Å². The lowest BCUT2D eigenvalue weighted by Gasteiger charge is -2.30. The molecule has 3 aromatic rings. The second kappa shape index (κ2) is 8.19. The predicted octanol–water partition coefficient (Wildman–Crippen LogP) is 4.61. The molecule has 1 fully saturated rings. The largest absolute Gasteiger partial charge is 0.266 e. The summed E-state index contributed by atoms with van der Waals surface area (Å²) in [5.74, 6) is 0. The number of hydrogen-bond donors (Lipinski definition) is 0. The van der Waals surface area contributed by atoms with Crippen LogP contribution in [0.3, 0.4) is 0 Å². The van der Waals surface area contributed by atoms with Gasteiger partial charge in [0.15, 0.2) is 0 Å². The topological polar surface area (TPSA) is 55.2 Å². The van der Waals surface area contributed by atoms with E-state index in [-0.39, 0.29) is 6.04 Å². The summed E-state index contributed by atoms with van der Waals surface area (Å²) in [6.07, 6.45) is 6.94. The normalized spacial score (nSPS) is 15.9. The van der Waals surface area contributed by atoms with E-state index in [1.165, 1.54) is 17.8 Å². The molecule has 28 heavy (non-hydrogen) atoms. The molecule has 0 aliphatic heterocycles. The second-order valence-corrected chi connectivity index (χ2v) is 10.2. The first kappa shape index (κ1) is 19.4. The van der Waals surface area contributed by atoms with Gasteiger partial charge in [0.2, 0.25) is 10.0 Å². The van der Waals surface area contributed by atoms with Gasteiger partial charge in [-0.25, -0.2) is 8.42 Å². The van der Waals surface area contributed by atoms with Crippen molar-refractivity contribution < 1.29 is 8.42 Å². The van der Waals surface area contributed by atoms with Crippen molar-refractivity contribution in [2.24, 2.45) is 0 Å². The molecule has 0 radical (unpaired) electrons. The molecule has 148 valence electrons. The van der Waals surface area contributed by atoms with E-state index in [9.17, 15) is 8.42 Å². The molecular weight excluding hydrogens is 390 g/mol. The van der Waals surface area contributed by atoms with Gasteiger partial charge in [-0.1, -0.05) is 55.7 Å². The molecule has 0 unspecified atom stereocenters. The molecule has 0 atom stereocenters. The fraction of sp³-hybridized carbons (Fsp3) is 0.381. The minimum Gasteiger partial charge on any atom is -0.266 e. The van der Waals surface area contributed by atoms with Gasteiger partial charge >= 0.3 is 0 Å². The molecule has 0 saturated heterocycles. The van der Waals surface area contributed by atoms with Gasteiger partial charge in [0.05, 0.1) is 11.4 Å².